The second-order valence-corrected chi connectivity index (χ2v) is 7.17. The lowest BCUT2D eigenvalue weighted by Crippen LogP contribution is -2.41. The zero-order valence-electron chi connectivity index (χ0n) is 13.1. The average molecular weight is 355 g/mol. The van der Waals surface area contributed by atoms with Gasteiger partial charge >= 0.3 is 0 Å². The maximum atomic E-state index is 5.87. The van der Waals surface area contributed by atoms with E-state index in [1.165, 1.54) is 19.4 Å². The normalized spacial score (nSPS) is 18.6. The highest BCUT2D eigenvalue weighted by molar-refractivity contribution is 9.10. The number of hydrogen-bond donors (Lipinski definition) is 1. The first kappa shape index (κ1) is 16.8. The number of ether oxygens (including phenoxy) is 1. The highest BCUT2D eigenvalue weighted by Crippen LogP contribution is 2.17. The molecule has 1 atom stereocenters. The van der Waals surface area contributed by atoms with Gasteiger partial charge in [-0.25, -0.2) is 0 Å². The molecule has 0 radical (unpaired) electrons. The van der Waals surface area contributed by atoms with Crippen LogP contribution in [0.25, 0.3) is 0 Å². The van der Waals surface area contributed by atoms with Gasteiger partial charge in [0.15, 0.2) is 0 Å². The minimum Gasteiger partial charge on any atom is -0.492 e. The van der Waals surface area contributed by atoms with Gasteiger partial charge in [-0.05, 0) is 43.5 Å². The van der Waals surface area contributed by atoms with Gasteiger partial charge in [0.1, 0.15) is 12.4 Å². The quantitative estimate of drug-likeness (QED) is 0.772. The molecule has 4 heteroatoms. The molecule has 1 aliphatic heterocycles. The second kappa shape index (κ2) is 8.76. The fourth-order valence-corrected chi connectivity index (χ4v) is 3.23. The number of hydrogen-bond acceptors (Lipinski definition) is 3. The molecule has 1 N–H and O–H groups in total. The summed E-state index contributed by atoms with van der Waals surface area (Å²) in [5, 5.41) is 3.59. The lowest BCUT2D eigenvalue weighted by atomic mass is 10.1. The van der Waals surface area contributed by atoms with Crippen molar-refractivity contribution in [3.63, 3.8) is 0 Å². The molecule has 2 rings (SSSR count). The number of benzene rings is 1. The second-order valence-electron chi connectivity index (χ2n) is 6.25. The third-order valence-electron chi connectivity index (χ3n) is 3.74. The van der Waals surface area contributed by atoms with Crippen molar-refractivity contribution in [2.45, 2.75) is 32.7 Å². The van der Waals surface area contributed by atoms with Crippen LogP contribution in [-0.2, 0) is 0 Å². The van der Waals surface area contributed by atoms with Crippen LogP contribution in [0.4, 0.5) is 0 Å². The molecule has 1 aromatic carbocycles. The van der Waals surface area contributed by atoms with Crippen molar-refractivity contribution in [3.05, 3.63) is 28.7 Å². The fraction of sp³-hybridized carbons (Fsp3) is 0.647. The zero-order chi connectivity index (χ0) is 15.1. The summed E-state index contributed by atoms with van der Waals surface area (Å²) in [6.07, 6.45) is 2.62. The summed E-state index contributed by atoms with van der Waals surface area (Å²) >= 11 is 3.48. The molecule has 1 saturated heterocycles. The van der Waals surface area contributed by atoms with Gasteiger partial charge in [-0.2, -0.15) is 0 Å². The van der Waals surface area contributed by atoms with E-state index in [4.69, 9.17) is 4.74 Å². The van der Waals surface area contributed by atoms with Crippen LogP contribution in [0.1, 0.15) is 26.7 Å². The molecule has 1 unspecified atom stereocenters. The molecule has 0 bridgehead atoms. The topological polar surface area (TPSA) is 24.5 Å². The molecular weight excluding hydrogens is 328 g/mol. The van der Waals surface area contributed by atoms with E-state index < -0.39 is 0 Å². The van der Waals surface area contributed by atoms with Gasteiger partial charge in [0.25, 0.3) is 0 Å². The van der Waals surface area contributed by atoms with Gasteiger partial charge < -0.3 is 10.1 Å². The maximum Gasteiger partial charge on any atom is 0.120 e. The van der Waals surface area contributed by atoms with Crippen LogP contribution in [-0.4, -0.2) is 43.7 Å². The standard InChI is InChI=1S/C17H27BrN2O/c1-14(2)12-20(13-16-6-4-8-19-16)9-10-21-17-7-3-5-15(18)11-17/h3,5,7,11,14,16,19H,4,6,8-10,12-13H2,1-2H3. The van der Waals surface area contributed by atoms with Crippen LogP contribution in [0, 0.1) is 5.92 Å². The first-order chi connectivity index (χ1) is 10.1. The Morgan fingerprint density at radius 2 is 2.29 bits per heavy atom. The third-order valence-corrected chi connectivity index (χ3v) is 4.23. The third kappa shape index (κ3) is 6.37. The van der Waals surface area contributed by atoms with Crippen LogP contribution in [0.3, 0.4) is 0 Å². The van der Waals surface area contributed by atoms with E-state index in [0.717, 1.165) is 36.5 Å². The molecule has 0 aromatic heterocycles. The van der Waals surface area contributed by atoms with E-state index in [-0.39, 0.29) is 0 Å². The Bertz CT molecular complexity index is 419. The average Bonchev–Trinajstić information content (AvgIpc) is 2.91. The molecular formula is C17H27BrN2O. The van der Waals surface area contributed by atoms with E-state index in [0.29, 0.717) is 12.0 Å². The molecule has 1 aliphatic rings. The SMILES string of the molecule is CC(C)CN(CCOc1cccc(Br)c1)CC1CCCN1. The van der Waals surface area contributed by atoms with Gasteiger partial charge in [-0.1, -0.05) is 35.8 Å². The Labute approximate surface area is 137 Å². The molecule has 118 valence electrons. The summed E-state index contributed by atoms with van der Waals surface area (Å²) in [5.74, 6) is 1.63. The van der Waals surface area contributed by atoms with Crippen molar-refractivity contribution in [3.8, 4) is 5.75 Å². The minimum atomic E-state index is 0.662. The van der Waals surface area contributed by atoms with Crippen molar-refractivity contribution in [2.75, 3.05) is 32.8 Å². The number of nitrogens with zero attached hydrogens (tertiary/aromatic N) is 1. The Kier molecular flexibility index (Phi) is 7.00. The molecule has 1 aromatic rings. The predicted octanol–water partition coefficient (Wildman–Crippen LogP) is 3.54. The summed E-state index contributed by atoms with van der Waals surface area (Å²) in [4.78, 5) is 2.53. The zero-order valence-corrected chi connectivity index (χ0v) is 14.7. The molecule has 1 heterocycles. The van der Waals surface area contributed by atoms with Crippen molar-refractivity contribution in [1.82, 2.24) is 10.2 Å². The predicted molar refractivity (Wildman–Crippen MR) is 91.9 cm³/mol. The largest absolute Gasteiger partial charge is 0.492 e. The highest BCUT2D eigenvalue weighted by atomic mass is 79.9. The summed E-state index contributed by atoms with van der Waals surface area (Å²) in [7, 11) is 0. The number of nitrogens with one attached hydrogen (secondary N) is 1. The molecule has 0 aliphatic carbocycles. The molecule has 1 fully saturated rings. The van der Waals surface area contributed by atoms with Crippen molar-refractivity contribution in [1.29, 1.82) is 0 Å². The van der Waals surface area contributed by atoms with Gasteiger partial charge in [0.05, 0.1) is 0 Å². The summed E-state index contributed by atoms with van der Waals surface area (Å²) in [6.45, 7) is 9.75. The van der Waals surface area contributed by atoms with Crippen molar-refractivity contribution >= 4 is 15.9 Å². The highest BCUT2D eigenvalue weighted by Gasteiger charge is 2.18. The molecule has 3 nitrogen and oxygen atoms in total. The first-order valence-electron chi connectivity index (χ1n) is 7.97. The lowest BCUT2D eigenvalue weighted by molar-refractivity contribution is 0.181. The van der Waals surface area contributed by atoms with Gasteiger partial charge in [-0.15, -0.1) is 0 Å². The van der Waals surface area contributed by atoms with Crippen molar-refractivity contribution < 1.29 is 4.74 Å². The van der Waals surface area contributed by atoms with E-state index in [2.05, 4.69) is 40.0 Å². The summed E-state index contributed by atoms with van der Waals surface area (Å²) in [5.41, 5.74) is 0. The Hall–Kier alpha value is -0.580. The van der Waals surface area contributed by atoms with E-state index >= 15 is 0 Å². The van der Waals surface area contributed by atoms with Crippen LogP contribution in [0.15, 0.2) is 28.7 Å². The molecule has 0 spiro atoms. The maximum absolute atomic E-state index is 5.87. The summed E-state index contributed by atoms with van der Waals surface area (Å²) in [6, 6.07) is 8.72. The van der Waals surface area contributed by atoms with Gasteiger partial charge in [0.2, 0.25) is 0 Å². The van der Waals surface area contributed by atoms with Gasteiger partial charge in [0, 0.05) is 30.1 Å². The van der Waals surface area contributed by atoms with Crippen molar-refractivity contribution in [2.24, 2.45) is 5.92 Å². The molecule has 0 amide bonds. The van der Waals surface area contributed by atoms with E-state index in [1.807, 2.05) is 24.3 Å². The minimum absolute atomic E-state index is 0.662. The monoisotopic (exact) mass is 354 g/mol. The van der Waals surface area contributed by atoms with E-state index in [9.17, 15) is 0 Å². The Balaban J connectivity index is 1.77. The first-order valence-corrected chi connectivity index (χ1v) is 8.77. The van der Waals surface area contributed by atoms with E-state index in [1.54, 1.807) is 0 Å². The lowest BCUT2D eigenvalue weighted by Gasteiger charge is -2.27. The molecule has 0 saturated carbocycles. The summed E-state index contributed by atoms with van der Waals surface area (Å²) < 4.78 is 6.94. The molecule has 21 heavy (non-hydrogen) atoms. The van der Waals surface area contributed by atoms with Crippen LogP contribution in [0.5, 0.6) is 5.75 Å². The smallest absolute Gasteiger partial charge is 0.120 e. The van der Waals surface area contributed by atoms with Gasteiger partial charge in [-0.3, -0.25) is 4.90 Å². The van der Waals surface area contributed by atoms with Crippen LogP contribution in [0.2, 0.25) is 0 Å². The fourth-order valence-electron chi connectivity index (χ4n) is 2.85. The van der Waals surface area contributed by atoms with Crippen LogP contribution < -0.4 is 10.1 Å². The Morgan fingerprint density at radius 1 is 1.43 bits per heavy atom. The van der Waals surface area contributed by atoms with Crippen LogP contribution >= 0.6 is 15.9 Å². The number of halogens is 1. The number of rotatable bonds is 8. The Morgan fingerprint density at radius 3 is 2.95 bits per heavy atom.